The fourth-order valence-corrected chi connectivity index (χ4v) is 2.51. The van der Waals surface area contributed by atoms with E-state index in [2.05, 4.69) is 5.32 Å². The van der Waals surface area contributed by atoms with Crippen LogP contribution in [0.5, 0.6) is 5.75 Å². The highest BCUT2D eigenvalue weighted by Gasteiger charge is 2.36. The number of phenolic OH excluding ortho intramolecular Hbond substituents is 1. The molecule has 0 spiro atoms. The van der Waals surface area contributed by atoms with E-state index in [1.807, 2.05) is 19.1 Å². The summed E-state index contributed by atoms with van der Waals surface area (Å²) in [5, 5.41) is 11.5. The number of barbiturate groups is 1. The van der Waals surface area contributed by atoms with Gasteiger partial charge in [-0.05, 0) is 47.9 Å². The lowest BCUT2D eigenvalue weighted by Crippen LogP contribution is -2.54. The summed E-state index contributed by atoms with van der Waals surface area (Å²) < 4.78 is 0. The topological polar surface area (TPSA) is 86.7 Å². The summed E-state index contributed by atoms with van der Waals surface area (Å²) in [4.78, 5) is 37.8. The van der Waals surface area contributed by atoms with Crippen molar-refractivity contribution in [3.05, 3.63) is 65.2 Å². The summed E-state index contributed by atoms with van der Waals surface area (Å²) in [7, 11) is 0. The minimum Gasteiger partial charge on any atom is -0.508 e. The van der Waals surface area contributed by atoms with E-state index in [1.54, 1.807) is 24.3 Å². The van der Waals surface area contributed by atoms with Crippen LogP contribution in [0, 0.1) is 0 Å². The molecule has 0 saturated carbocycles. The van der Waals surface area contributed by atoms with E-state index >= 15 is 0 Å². The van der Waals surface area contributed by atoms with Gasteiger partial charge in [0.25, 0.3) is 11.8 Å². The quantitative estimate of drug-likeness (QED) is 0.666. The normalized spacial score (nSPS) is 16.3. The second-order valence-electron chi connectivity index (χ2n) is 5.57. The highest BCUT2D eigenvalue weighted by molar-refractivity contribution is 6.39. The number of imide groups is 2. The summed E-state index contributed by atoms with van der Waals surface area (Å²) in [6, 6.07) is 12.3. The molecule has 1 aliphatic rings. The Morgan fingerprint density at radius 1 is 1.00 bits per heavy atom. The first kappa shape index (κ1) is 16.4. The van der Waals surface area contributed by atoms with Crippen LogP contribution in [-0.4, -0.2) is 23.0 Å². The summed E-state index contributed by atoms with van der Waals surface area (Å²) in [5.41, 5.74) is 1.88. The van der Waals surface area contributed by atoms with Crippen molar-refractivity contribution < 1.29 is 19.5 Å². The minimum absolute atomic E-state index is 0.0781. The molecule has 2 N–H and O–H groups in total. The highest BCUT2D eigenvalue weighted by Crippen LogP contribution is 2.23. The van der Waals surface area contributed by atoms with E-state index in [-0.39, 0.29) is 11.3 Å². The molecule has 6 nitrogen and oxygen atoms in total. The first-order chi connectivity index (χ1) is 12.0. The lowest BCUT2D eigenvalue weighted by molar-refractivity contribution is -0.122. The van der Waals surface area contributed by atoms with Gasteiger partial charge in [-0.2, -0.15) is 0 Å². The number of carbonyl (C=O) groups excluding carboxylic acids is 3. The number of aromatic hydroxyl groups is 1. The van der Waals surface area contributed by atoms with Gasteiger partial charge in [-0.15, -0.1) is 0 Å². The molecule has 1 fully saturated rings. The van der Waals surface area contributed by atoms with Gasteiger partial charge in [-0.25, -0.2) is 9.69 Å². The molecule has 6 heteroatoms. The fraction of sp³-hybridized carbons (Fsp3) is 0.105. The molecule has 0 bridgehead atoms. The zero-order chi connectivity index (χ0) is 18.0. The van der Waals surface area contributed by atoms with Crippen LogP contribution in [0.2, 0.25) is 0 Å². The predicted octanol–water partition coefficient (Wildman–Crippen LogP) is 2.62. The molecule has 0 unspecified atom stereocenters. The Morgan fingerprint density at radius 3 is 2.24 bits per heavy atom. The van der Waals surface area contributed by atoms with Gasteiger partial charge in [0.15, 0.2) is 0 Å². The fourth-order valence-electron chi connectivity index (χ4n) is 2.51. The lowest BCUT2D eigenvalue weighted by atomic mass is 10.1. The van der Waals surface area contributed by atoms with Crippen LogP contribution in [-0.2, 0) is 16.0 Å². The molecule has 25 heavy (non-hydrogen) atoms. The first-order valence-electron chi connectivity index (χ1n) is 7.79. The van der Waals surface area contributed by atoms with Crippen LogP contribution in [0.4, 0.5) is 10.5 Å². The number of carbonyl (C=O) groups is 3. The van der Waals surface area contributed by atoms with Crippen LogP contribution in [0.3, 0.4) is 0 Å². The van der Waals surface area contributed by atoms with E-state index in [1.165, 1.54) is 18.2 Å². The number of benzene rings is 2. The van der Waals surface area contributed by atoms with Crippen molar-refractivity contribution in [1.29, 1.82) is 0 Å². The van der Waals surface area contributed by atoms with E-state index in [0.717, 1.165) is 16.9 Å². The molecule has 0 radical (unpaired) electrons. The van der Waals surface area contributed by atoms with Crippen LogP contribution in [0.25, 0.3) is 6.08 Å². The summed E-state index contributed by atoms with van der Waals surface area (Å²) >= 11 is 0. The summed E-state index contributed by atoms with van der Waals surface area (Å²) in [6.07, 6.45) is 2.22. The molecule has 0 aliphatic carbocycles. The van der Waals surface area contributed by atoms with Gasteiger partial charge in [0.2, 0.25) is 0 Å². The van der Waals surface area contributed by atoms with E-state index in [4.69, 9.17) is 0 Å². The number of hydrogen-bond donors (Lipinski definition) is 2. The third kappa shape index (κ3) is 3.28. The smallest absolute Gasteiger partial charge is 0.335 e. The molecule has 0 atom stereocenters. The Morgan fingerprint density at radius 2 is 1.64 bits per heavy atom. The Labute approximate surface area is 144 Å². The molecule has 2 aromatic carbocycles. The number of amides is 4. The number of nitrogens with one attached hydrogen (secondary N) is 1. The minimum atomic E-state index is -0.776. The van der Waals surface area contributed by atoms with Crippen molar-refractivity contribution in [2.24, 2.45) is 0 Å². The maximum absolute atomic E-state index is 12.7. The second-order valence-corrected chi connectivity index (χ2v) is 5.57. The zero-order valence-electron chi connectivity index (χ0n) is 13.5. The number of anilines is 1. The van der Waals surface area contributed by atoms with Gasteiger partial charge in [-0.1, -0.05) is 31.2 Å². The van der Waals surface area contributed by atoms with Crippen LogP contribution >= 0.6 is 0 Å². The maximum Gasteiger partial charge on any atom is 0.335 e. The van der Waals surface area contributed by atoms with Gasteiger partial charge in [-0.3, -0.25) is 14.9 Å². The van der Waals surface area contributed by atoms with Crippen LogP contribution in [0.1, 0.15) is 18.1 Å². The molecule has 0 aromatic heterocycles. The summed E-state index contributed by atoms with van der Waals surface area (Å²) in [6.45, 7) is 2.00. The third-order valence-electron chi connectivity index (χ3n) is 3.91. The number of nitrogens with zero attached hydrogens (tertiary/aromatic N) is 1. The zero-order valence-corrected chi connectivity index (χ0v) is 13.5. The Balaban J connectivity index is 1.97. The van der Waals surface area contributed by atoms with Gasteiger partial charge >= 0.3 is 6.03 Å². The van der Waals surface area contributed by atoms with Crippen LogP contribution < -0.4 is 10.2 Å². The van der Waals surface area contributed by atoms with E-state index in [9.17, 15) is 19.5 Å². The Hall–Kier alpha value is -3.41. The number of rotatable bonds is 3. The van der Waals surface area contributed by atoms with Crippen molar-refractivity contribution in [3.8, 4) is 5.75 Å². The Kier molecular flexibility index (Phi) is 4.35. The van der Waals surface area contributed by atoms with Crippen molar-refractivity contribution in [1.82, 2.24) is 5.32 Å². The first-order valence-corrected chi connectivity index (χ1v) is 7.79. The molecule has 4 amide bonds. The molecule has 2 aromatic rings. The number of phenols is 1. The number of hydrogen-bond acceptors (Lipinski definition) is 4. The molecular formula is C19H16N2O4. The van der Waals surface area contributed by atoms with Crippen LogP contribution in [0.15, 0.2) is 54.1 Å². The van der Waals surface area contributed by atoms with E-state index in [0.29, 0.717) is 11.3 Å². The predicted molar refractivity (Wildman–Crippen MR) is 92.9 cm³/mol. The average molecular weight is 336 g/mol. The van der Waals surface area contributed by atoms with E-state index < -0.39 is 17.8 Å². The molecular weight excluding hydrogens is 320 g/mol. The van der Waals surface area contributed by atoms with Crippen molar-refractivity contribution >= 4 is 29.6 Å². The molecule has 126 valence electrons. The molecule has 1 heterocycles. The largest absolute Gasteiger partial charge is 0.508 e. The highest BCUT2D eigenvalue weighted by atomic mass is 16.3. The van der Waals surface area contributed by atoms with Gasteiger partial charge in [0.05, 0.1) is 5.69 Å². The standard InChI is InChI=1S/C19H16N2O4/c1-2-12-3-7-14(8-4-12)21-18(24)16(17(23)20-19(21)25)11-13-5-9-15(22)10-6-13/h3-11,22H,2H2,1H3,(H,20,23,25)/b16-11-. The Bertz CT molecular complexity index is 867. The van der Waals surface area contributed by atoms with Gasteiger partial charge in [0.1, 0.15) is 11.3 Å². The number of aryl methyl sites for hydroxylation is 1. The summed E-state index contributed by atoms with van der Waals surface area (Å²) in [5.74, 6) is -1.36. The SMILES string of the molecule is CCc1ccc(N2C(=O)NC(=O)/C(=C/c3ccc(O)cc3)C2=O)cc1. The lowest BCUT2D eigenvalue weighted by Gasteiger charge is -2.26. The van der Waals surface area contributed by atoms with Gasteiger partial charge < -0.3 is 5.11 Å². The molecule has 1 saturated heterocycles. The van der Waals surface area contributed by atoms with Crippen molar-refractivity contribution in [2.45, 2.75) is 13.3 Å². The average Bonchev–Trinajstić information content (AvgIpc) is 2.60. The molecule has 3 rings (SSSR count). The second kappa shape index (κ2) is 6.60. The van der Waals surface area contributed by atoms with Gasteiger partial charge in [0, 0.05) is 0 Å². The van der Waals surface area contributed by atoms with Crippen molar-refractivity contribution in [3.63, 3.8) is 0 Å². The van der Waals surface area contributed by atoms with Crippen molar-refractivity contribution in [2.75, 3.05) is 4.90 Å². The number of urea groups is 1. The maximum atomic E-state index is 12.7. The molecule has 1 aliphatic heterocycles. The monoisotopic (exact) mass is 336 g/mol. The third-order valence-corrected chi connectivity index (χ3v) is 3.91.